The molecule has 5 heteroatoms. The van der Waals surface area contributed by atoms with Crippen LogP contribution in [0.25, 0.3) is 0 Å². The molecule has 0 bridgehead atoms. The largest absolute Gasteiger partial charge is 0.372 e. The molecule has 166 valence electrons. The maximum Gasteiger partial charge on any atom is 0.171 e. The molecule has 0 amide bonds. The molecule has 1 saturated heterocycles. The van der Waals surface area contributed by atoms with Crippen LogP contribution in [0.15, 0.2) is 83.8 Å². The maximum atomic E-state index is 5.55. The van der Waals surface area contributed by atoms with E-state index in [2.05, 4.69) is 95.3 Å². The second-order valence-electron chi connectivity index (χ2n) is 8.26. The zero-order valence-electron chi connectivity index (χ0n) is 18.6. The van der Waals surface area contributed by atoms with Gasteiger partial charge in [-0.05, 0) is 85.9 Å². The Labute approximate surface area is 201 Å². The van der Waals surface area contributed by atoms with Gasteiger partial charge in [0.25, 0.3) is 0 Å². The minimum atomic E-state index is 0.145. The minimum absolute atomic E-state index is 0.145. The van der Waals surface area contributed by atoms with E-state index in [4.69, 9.17) is 12.2 Å². The molecule has 3 nitrogen and oxygen atoms in total. The molecule has 32 heavy (non-hydrogen) atoms. The quantitative estimate of drug-likeness (QED) is 0.291. The lowest BCUT2D eigenvalue weighted by atomic mass is 10.1. The number of thioether (sulfide) groups is 1. The summed E-state index contributed by atoms with van der Waals surface area (Å²) in [5.41, 5.74) is 4.86. The van der Waals surface area contributed by atoms with E-state index in [1.165, 1.54) is 54.1 Å². The first-order valence-electron chi connectivity index (χ1n) is 11.4. The van der Waals surface area contributed by atoms with Crippen LogP contribution in [-0.4, -0.2) is 18.2 Å². The van der Waals surface area contributed by atoms with Gasteiger partial charge in [0.05, 0.1) is 6.04 Å². The van der Waals surface area contributed by atoms with Crippen molar-refractivity contribution in [3.05, 3.63) is 90.0 Å². The molecule has 1 aliphatic rings. The highest BCUT2D eigenvalue weighted by Gasteiger charge is 2.12. The molecule has 4 rings (SSSR count). The van der Waals surface area contributed by atoms with Gasteiger partial charge in [0.1, 0.15) is 0 Å². The number of benzene rings is 3. The molecule has 0 spiro atoms. The Kier molecular flexibility index (Phi) is 8.07. The predicted octanol–water partition coefficient (Wildman–Crippen LogP) is 7.02. The van der Waals surface area contributed by atoms with E-state index in [1.54, 1.807) is 0 Å². The molecular weight excluding hydrogens is 430 g/mol. The van der Waals surface area contributed by atoms with Crippen molar-refractivity contribution in [3.8, 4) is 0 Å². The molecule has 0 saturated carbocycles. The summed E-state index contributed by atoms with van der Waals surface area (Å²) in [6, 6.07) is 28.0. The number of hydrogen-bond acceptors (Lipinski definition) is 3. The highest BCUT2D eigenvalue weighted by Crippen LogP contribution is 2.24. The first-order valence-corrected chi connectivity index (χ1v) is 12.8. The molecule has 0 aliphatic carbocycles. The lowest BCUT2D eigenvalue weighted by Gasteiger charge is -2.29. The van der Waals surface area contributed by atoms with Gasteiger partial charge in [0.15, 0.2) is 5.11 Å². The van der Waals surface area contributed by atoms with Crippen molar-refractivity contribution in [2.24, 2.45) is 0 Å². The van der Waals surface area contributed by atoms with Crippen LogP contribution in [0.2, 0.25) is 0 Å². The van der Waals surface area contributed by atoms with Crippen LogP contribution in [-0.2, 0) is 5.75 Å². The summed E-state index contributed by atoms with van der Waals surface area (Å²) in [6.07, 6.45) is 3.95. The van der Waals surface area contributed by atoms with Crippen molar-refractivity contribution in [2.75, 3.05) is 23.3 Å². The first kappa shape index (κ1) is 22.7. The monoisotopic (exact) mass is 461 g/mol. The summed E-state index contributed by atoms with van der Waals surface area (Å²) in [5, 5.41) is 7.36. The Bertz CT molecular complexity index is 982. The van der Waals surface area contributed by atoms with Crippen LogP contribution in [0, 0.1) is 0 Å². The molecule has 1 aliphatic heterocycles. The number of rotatable bonds is 7. The third-order valence-electron chi connectivity index (χ3n) is 5.82. The molecule has 2 N–H and O–H groups in total. The van der Waals surface area contributed by atoms with E-state index in [0.717, 1.165) is 11.4 Å². The van der Waals surface area contributed by atoms with Crippen LogP contribution in [0.5, 0.6) is 0 Å². The van der Waals surface area contributed by atoms with Crippen LogP contribution in [0.3, 0.4) is 0 Å². The third kappa shape index (κ3) is 6.50. The van der Waals surface area contributed by atoms with Gasteiger partial charge in [0, 0.05) is 35.1 Å². The number of piperidine rings is 1. The smallest absolute Gasteiger partial charge is 0.171 e. The van der Waals surface area contributed by atoms with E-state index in [9.17, 15) is 0 Å². The molecule has 1 heterocycles. The fraction of sp³-hybridized carbons (Fsp3) is 0.296. The Balaban J connectivity index is 1.25. The summed E-state index contributed by atoms with van der Waals surface area (Å²) in [4.78, 5) is 3.78. The standard InChI is InChI=1S/C27H31N3S2/c1-21(23-12-16-25(17-13-23)30-18-6-3-7-19-30)28-27(31)29-24-14-10-22(11-15-24)20-32-26-8-4-2-5-9-26/h2,4-5,8-17,21H,3,6-7,18-20H2,1H3,(H2,28,29,31). The maximum absolute atomic E-state index is 5.55. The van der Waals surface area contributed by atoms with Crippen LogP contribution in [0.1, 0.15) is 43.4 Å². The van der Waals surface area contributed by atoms with Crippen LogP contribution < -0.4 is 15.5 Å². The van der Waals surface area contributed by atoms with Gasteiger partial charge in [-0.15, -0.1) is 11.8 Å². The number of hydrogen-bond donors (Lipinski definition) is 2. The van der Waals surface area contributed by atoms with Gasteiger partial charge in [-0.1, -0.05) is 42.5 Å². The van der Waals surface area contributed by atoms with E-state index >= 15 is 0 Å². The second kappa shape index (κ2) is 11.4. The summed E-state index contributed by atoms with van der Waals surface area (Å²) in [6.45, 7) is 4.49. The van der Waals surface area contributed by atoms with Gasteiger partial charge in [0.2, 0.25) is 0 Å². The number of nitrogens with one attached hydrogen (secondary N) is 2. The molecule has 0 radical (unpaired) electrons. The van der Waals surface area contributed by atoms with Crippen molar-refractivity contribution in [3.63, 3.8) is 0 Å². The first-order chi connectivity index (χ1) is 15.7. The molecule has 1 fully saturated rings. The average molecular weight is 462 g/mol. The molecule has 1 atom stereocenters. The highest BCUT2D eigenvalue weighted by atomic mass is 32.2. The SMILES string of the molecule is CC(NC(=S)Nc1ccc(CSc2ccccc2)cc1)c1ccc(N2CCCCC2)cc1. The Morgan fingerprint density at radius 3 is 2.28 bits per heavy atom. The molecule has 3 aromatic carbocycles. The fourth-order valence-corrected chi connectivity index (χ4v) is 5.11. The Hall–Kier alpha value is -2.50. The zero-order chi connectivity index (χ0) is 22.2. The van der Waals surface area contributed by atoms with E-state index in [-0.39, 0.29) is 6.04 Å². The number of nitrogens with zero attached hydrogens (tertiary/aromatic N) is 1. The topological polar surface area (TPSA) is 27.3 Å². The minimum Gasteiger partial charge on any atom is -0.372 e. The molecule has 1 unspecified atom stereocenters. The van der Waals surface area contributed by atoms with Gasteiger partial charge in [-0.2, -0.15) is 0 Å². The van der Waals surface area contributed by atoms with Gasteiger partial charge < -0.3 is 15.5 Å². The van der Waals surface area contributed by atoms with E-state index in [1.807, 2.05) is 17.8 Å². The van der Waals surface area contributed by atoms with Crippen LogP contribution >= 0.6 is 24.0 Å². The lowest BCUT2D eigenvalue weighted by Crippen LogP contribution is -2.31. The summed E-state index contributed by atoms with van der Waals surface area (Å²) >= 11 is 7.40. The molecule has 0 aromatic heterocycles. The molecule has 3 aromatic rings. The third-order valence-corrected chi connectivity index (χ3v) is 7.13. The zero-order valence-corrected chi connectivity index (χ0v) is 20.2. The number of thiocarbonyl (C=S) groups is 1. The summed E-state index contributed by atoms with van der Waals surface area (Å²) in [7, 11) is 0. The van der Waals surface area contributed by atoms with E-state index in [0.29, 0.717) is 5.11 Å². The second-order valence-corrected chi connectivity index (χ2v) is 9.72. The van der Waals surface area contributed by atoms with Crippen molar-refractivity contribution >= 4 is 40.5 Å². The Morgan fingerprint density at radius 2 is 1.59 bits per heavy atom. The highest BCUT2D eigenvalue weighted by molar-refractivity contribution is 7.98. The average Bonchev–Trinajstić information content (AvgIpc) is 2.85. The molecular formula is C27H31N3S2. The van der Waals surface area contributed by atoms with Crippen molar-refractivity contribution in [2.45, 2.75) is 42.9 Å². The number of anilines is 2. The Morgan fingerprint density at radius 1 is 0.906 bits per heavy atom. The van der Waals surface area contributed by atoms with Crippen molar-refractivity contribution in [1.29, 1.82) is 0 Å². The lowest BCUT2D eigenvalue weighted by molar-refractivity contribution is 0.577. The van der Waals surface area contributed by atoms with Crippen LogP contribution in [0.4, 0.5) is 11.4 Å². The van der Waals surface area contributed by atoms with Gasteiger partial charge in [-0.25, -0.2) is 0 Å². The summed E-state index contributed by atoms with van der Waals surface area (Å²) < 4.78 is 0. The van der Waals surface area contributed by atoms with E-state index < -0.39 is 0 Å². The normalized spacial score (nSPS) is 14.6. The van der Waals surface area contributed by atoms with Gasteiger partial charge in [-0.3, -0.25) is 0 Å². The van der Waals surface area contributed by atoms with Gasteiger partial charge >= 0.3 is 0 Å². The van der Waals surface area contributed by atoms with Crippen molar-refractivity contribution < 1.29 is 0 Å². The fourth-order valence-electron chi connectivity index (χ4n) is 3.94. The van der Waals surface area contributed by atoms with Crippen molar-refractivity contribution in [1.82, 2.24) is 5.32 Å². The predicted molar refractivity (Wildman–Crippen MR) is 143 cm³/mol. The summed E-state index contributed by atoms with van der Waals surface area (Å²) in [5.74, 6) is 0.956.